The second kappa shape index (κ2) is 11.0. The molecule has 1 saturated heterocycles. The van der Waals surface area contributed by atoms with E-state index in [4.69, 9.17) is 4.74 Å². The number of hydrogen-bond acceptors (Lipinski definition) is 4. The summed E-state index contributed by atoms with van der Waals surface area (Å²) in [6.45, 7) is 4.22. The number of nitrogens with zero attached hydrogens (tertiary/aromatic N) is 3. The Morgan fingerprint density at radius 2 is 1.62 bits per heavy atom. The van der Waals surface area contributed by atoms with Gasteiger partial charge in [-0.3, -0.25) is 4.90 Å². The van der Waals surface area contributed by atoms with E-state index in [1.807, 2.05) is 13.0 Å². The lowest BCUT2D eigenvalue weighted by atomic mass is 9.93. The van der Waals surface area contributed by atoms with Crippen LogP contribution in [0.3, 0.4) is 0 Å². The number of carbonyl (C=O) groups is 1. The zero-order valence-corrected chi connectivity index (χ0v) is 21.6. The number of anilines is 1. The van der Waals surface area contributed by atoms with Crippen molar-refractivity contribution in [1.82, 2.24) is 4.90 Å². The summed E-state index contributed by atoms with van der Waals surface area (Å²) in [6.07, 6.45) is -6.85. The van der Waals surface area contributed by atoms with Gasteiger partial charge in [-0.25, -0.2) is 4.79 Å². The number of nitriles is 1. The van der Waals surface area contributed by atoms with E-state index >= 15 is 0 Å². The van der Waals surface area contributed by atoms with Crippen LogP contribution in [0.4, 0.5) is 36.8 Å². The van der Waals surface area contributed by atoms with Gasteiger partial charge >= 0.3 is 18.4 Å². The van der Waals surface area contributed by atoms with Crippen LogP contribution in [0.5, 0.6) is 0 Å². The molecule has 39 heavy (non-hydrogen) atoms. The van der Waals surface area contributed by atoms with Crippen molar-refractivity contribution in [2.45, 2.75) is 83.0 Å². The predicted molar refractivity (Wildman–Crippen MR) is 132 cm³/mol. The molecule has 5 nitrogen and oxygen atoms in total. The third-order valence-electron chi connectivity index (χ3n) is 7.55. The van der Waals surface area contributed by atoms with Gasteiger partial charge in [-0.2, -0.15) is 31.6 Å². The van der Waals surface area contributed by atoms with Gasteiger partial charge in [0.2, 0.25) is 0 Å². The highest BCUT2D eigenvalue weighted by molar-refractivity contribution is 5.72. The van der Waals surface area contributed by atoms with Crippen molar-refractivity contribution in [2.75, 3.05) is 11.4 Å². The normalized spacial score (nSPS) is 20.6. The van der Waals surface area contributed by atoms with Gasteiger partial charge in [-0.15, -0.1) is 0 Å². The van der Waals surface area contributed by atoms with E-state index in [0.717, 1.165) is 31.4 Å². The highest BCUT2D eigenvalue weighted by Crippen LogP contribution is 2.41. The monoisotopic (exact) mass is 553 g/mol. The molecular formula is C28H29F6N3O2. The number of carbonyl (C=O) groups excluding carboxylic acids is 1. The van der Waals surface area contributed by atoms with E-state index in [9.17, 15) is 36.4 Å². The van der Waals surface area contributed by atoms with Gasteiger partial charge in [-0.05, 0) is 74.2 Å². The molecule has 1 heterocycles. The Labute approximate surface area is 222 Å². The van der Waals surface area contributed by atoms with Crippen molar-refractivity contribution < 1.29 is 35.9 Å². The third kappa shape index (κ3) is 6.10. The van der Waals surface area contributed by atoms with E-state index in [1.165, 1.54) is 18.2 Å². The fraction of sp³-hybridized carbons (Fsp3) is 0.500. The summed E-state index contributed by atoms with van der Waals surface area (Å²) >= 11 is 0. The van der Waals surface area contributed by atoms with Crippen LogP contribution in [-0.4, -0.2) is 29.6 Å². The fourth-order valence-corrected chi connectivity index (χ4v) is 5.57. The molecule has 1 aliphatic carbocycles. The summed E-state index contributed by atoms with van der Waals surface area (Å²) in [5.41, 5.74) is -1.45. The molecule has 0 bridgehead atoms. The zero-order chi connectivity index (χ0) is 28.5. The van der Waals surface area contributed by atoms with Crippen LogP contribution in [0.25, 0.3) is 0 Å². The second-order valence-corrected chi connectivity index (χ2v) is 10.0. The lowest BCUT2D eigenvalue weighted by Crippen LogP contribution is -2.38. The summed E-state index contributed by atoms with van der Waals surface area (Å²) in [5.74, 6) is 0. The van der Waals surface area contributed by atoms with Gasteiger partial charge in [0.05, 0.1) is 35.3 Å². The average molecular weight is 554 g/mol. The van der Waals surface area contributed by atoms with E-state index in [0.29, 0.717) is 29.8 Å². The Morgan fingerprint density at radius 1 is 1.00 bits per heavy atom. The molecule has 1 aliphatic heterocycles. The number of benzene rings is 2. The summed E-state index contributed by atoms with van der Waals surface area (Å²) < 4.78 is 85.9. The highest BCUT2D eigenvalue weighted by atomic mass is 19.4. The van der Waals surface area contributed by atoms with E-state index < -0.39 is 41.7 Å². The number of ether oxygens (including phenoxy) is 1. The largest absolute Gasteiger partial charge is 0.439 e. The minimum Gasteiger partial charge on any atom is -0.439 e. The van der Waals surface area contributed by atoms with Crippen LogP contribution >= 0.6 is 0 Å². The lowest BCUT2D eigenvalue weighted by molar-refractivity contribution is -0.143. The molecule has 0 N–H and O–H groups in total. The lowest BCUT2D eigenvalue weighted by Gasteiger charge is -2.37. The Bertz CT molecular complexity index is 1220. The van der Waals surface area contributed by atoms with Crippen molar-refractivity contribution in [3.05, 3.63) is 64.2 Å². The van der Waals surface area contributed by atoms with Gasteiger partial charge in [0.15, 0.2) is 0 Å². The SMILES string of the molecule is CCN(c1ccc(C#N)cc1CN1C(=O)OC(c2cc(C(F)(F)F)cc(C(F)(F)F)c2)C1C)C1CCCCC1. The first-order chi connectivity index (χ1) is 18.3. The minimum absolute atomic E-state index is 0.0182. The standard InChI is InChI=1S/C28H29F6N3O2/c1-3-36(23-7-5-4-6-8-23)24-10-9-18(15-35)11-20(24)16-37-17(2)25(39-26(37)38)19-12-21(27(29,30)31)14-22(13-19)28(32,33)34/h9-14,17,23,25H,3-8,16H2,1-2H3. The minimum atomic E-state index is -5.02. The van der Waals surface area contributed by atoms with Gasteiger partial charge in [0, 0.05) is 18.3 Å². The first-order valence-corrected chi connectivity index (χ1v) is 12.9. The third-order valence-corrected chi connectivity index (χ3v) is 7.55. The first kappa shape index (κ1) is 28.6. The maximum absolute atomic E-state index is 13.4. The Balaban J connectivity index is 1.68. The van der Waals surface area contributed by atoms with Crippen LogP contribution in [0.2, 0.25) is 0 Å². The molecule has 0 radical (unpaired) electrons. The zero-order valence-electron chi connectivity index (χ0n) is 21.6. The van der Waals surface area contributed by atoms with Crippen molar-refractivity contribution in [2.24, 2.45) is 0 Å². The topological polar surface area (TPSA) is 56.6 Å². The predicted octanol–water partition coefficient (Wildman–Crippen LogP) is 7.84. The molecule has 2 unspecified atom stereocenters. The summed E-state index contributed by atoms with van der Waals surface area (Å²) in [6, 6.07) is 7.94. The number of amides is 1. The molecule has 2 aromatic carbocycles. The maximum Gasteiger partial charge on any atom is 0.416 e. The van der Waals surface area contributed by atoms with Crippen molar-refractivity contribution in [3.63, 3.8) is 0 Å². The maximum atomic E-state index is 13.4. The Morgan fingerprint density at radius 3 is 2.15 bits per heavy atom. The van der Waals surface area contributed by atoms with Crippen molar-refractivity contribution >= 4 is 11.8 Å². The van der Waals surface area contributed by atoms with E-state index in [1.54, 1.807) is 12.1 Å². The number of cyclic esters (lactones) is 1. The summed E-state index contributed by atoms with van der Waals surface area (Å²) in [4.78, 5) is 16.4. The molecule has 0 spiro atoms. The number of halogens is 6. The molecule has 4 rings (SSSR count). The molecular weight excluding hydrogens is 524 g/mol. The van der Waals surface area contributed by atoms with Crippen molar-refractivity contribution in [3.8, 4) is 6.07 Å². The van der Waals surface area contributed by atoms with Gasteiger partial charge in [-0.1, -0.05) is 19.3 Å². The Kier molecular flexibility index (Phi) is 8.05. The molecule has 11 heteroatoms. The number of rotatable bonds is 6. The molecule has 1 amide bonds. The van der Waals surface area contributed by atoms with Gasteiger partial charge < -0.3 is 9.64 Å². The number of hydrogen-bond donors (Lipinski definition) is 0. The molecule has 2 fully saturated rings. The van der Waals surface area contributed by atoms with E-state index in [-0.39, 0.29) is 24.2 Å². The van der Waals surface area contributed by atoms with Crippen LogP contribution in [0.1, 0.15) is 79.9 Å². The molecule has 2 atom stereocenters. The molecule has 0 aromatic heterocycles. The summed E-state index contributed by atoms with van der Waals surface area (Å²) in [5, 5.41) is 9.48. The van der Waals surface area contributed by atoms with Crippen molar-refractivity contribution in [1.29, 1.82) is 5.26 Å². The van der Waals surface area contributed by atoms with Crippen LogP contribution in [0, 0.1) is 11.3 Å². The molecule has 210 valence electrons. The quantitative estimate of drug-likeness (QED) is 0.342. The van der Waals surface area contributed by atoms with Crippen LogP contribution in [0.15, 0.2) is 36.4 Å². The van der Waals surface area contributed by atoms with E-state index in [2.05, 4.69) is 11.0 Å². The van der Waals surface area contributed by atoms with Crippen LogP contribution < -0.4 is 4.90 Å². The molecule has 2 aromatic rings. The first-order valence-electron chi connectivity index (χ1n) is 12.9. The average Bonchev–Trinajstić information content (AvgIpc) is 3.17. The Hall–Kier alpha value is -3.42. The van der Waals surface area contributed by atoms with Gasteiger partial charge in [0.1, 0.15) is 6.10 Å². The fourth-order valence-electron chi connectivity index (χ4n) is 5.57. The second-order valence-electron chi connectivity index (χ2n) is 10.0. The smallest absolute Gasteiger partial charge is 0.416 e. The summed E-state index contributed by atoms with van der Waals surface area (Å²) in [7, 11) is 0. The molecule has 2 aliphatic rings. The number of alkyl halides is 6. The highest BCUT2D eigenvalue weighted by Gasteiger charge is 2.43. The van der Waals surface area contributed by atoms with Crippen LogP contribution in [-0.2, 0) is 23.6 Å². The van der Waals surface area contributed by atoms with Gasteiger partial charge in [0.25, 0.3) is 0 Å². The molecule has 1 saturated carbocycles.